The molecule has 2 N–H and O–H groups in total. The van der Waals surface area contributed by atoms with Gasteiger partial charge in [0.05, 0.1) is 6.04 Å². The molecule has 9 heteroatoms. The first-order valence-corrected chi connectivity index (χ1v) is 5.00. The van der Waals surface area contributed by atoms with Crippen molar-refractivity contribution in [3.8, 4) is 11.4 Å². The number of pyridine rings is 1. The van der Waals surface area contributed by atoms with Crippen LogP contribution in [0.5, 0.6) is 0 Å². The van der Waals surface area contributed by atoms with E-state index >= 15 is 0 Å². The summed E-state index contributed by atoms with van der Waals surface area (Å²) < 4.78 is 42.2. The van der Waals surface area contributed by atoms with Crippen LogP contribution in [0.1, 0.15) is 24.6 Å². The van der Waals surface area contributed by atoms with Gasteiger partial charge in [0.15, 0.2) is 0 Å². The molecular weight excluding hydrogens is 285 g/mol. The fourth-order valence-electron chi connectivity index (χ4n) is 1.26. The van der Waals surface area contributed by atoms with Crippen molar-refractivity contribution in [2.75, 3.05) is 0 Å². The van der Waals surface area contributed by atoms with Gasteiger partial charge in [0.25, 0.3) is 0 Å². The SMILES string of the molecule is CC(N)c1nc(-c2ccnc(C(F)(F)F)c2)no1.Cl. The number of rotatable bonds is 2. The lowest BCUT2D eigenvalue weighted by Crippen LogP contribution is -2.07. The second kappa shape index (κ2) is 5.54. The van der Waals surface area contributed by atoms with Crippen LogP contribution in [0.4, 0.5) is 13.2 Å². The summed E-state index contributed by atoms with van der Waals surface area (Å²) in [6, 6.07) is 1.75. The number of nitrogens with zero attached hydrogens (tertiary/aromatic N) is 3. The highest BCUT2D eigenvalue weighted by molar-refractivity contribution is 5.85. The lowest BCUT2D eigenvalue weighted by molar-refractivity contribution is -0.141. The van der Waals surface area contributed by atoms with Gasteiger partial charge in [0.1, 0.15) is 5.69 Å². The Balaban J connectivity index is 0.00000180. The van der Waals surface area contributed by atoms with Crippen LogP contribution < -0.4 is 5.73 Å². The molecule has 2 aromatic rings. The minimum absolute atomic E-state index is 0. The smallest absolute Gasteiger partial charge is 0.337 e. The Labute approximate surface area is 112 Å². The van der Waals surface area contributed by atoms with Gasteiger partial charge in [-0.2, -0.15) is 18.2 Å². The third kappa shape index (κ3) is 3.42. The molecule has 1 atom stereocenters. The standard InChI is InChI=1S/C10H9F3N4O.ClH/c1-5(14)9-16-8(17-18-9)6-2-3-15-7(4-6)10(11,12)13;/h2-5H,14H2,1H3;1H. The number of alkyl halides is 3. The van der Waals surface area contributed by atoms with Crippen LogP contribution in [0.2, 0.25) is 0 Å². The maximum absolute atomic E-state index is 12.5. The molecule has 2 aromatic heterocycles. The highest BCUT2D eigenvalue weighted by Crippen LogP contribution is 2.29. The van der Waals surface area contributed by atoms with E-state index in [-0.39, 0.29) is 29.7 Å². The molecule has 1 unspecified atom stereocenters. The molecule has 2 rings (SSSR count). The van der Waals surface area contributed by atoms with Crippen LogP contribution in [0, 0.1) is 0 Å². The molecule has 0 amide bonds. The van der Waals surface area contributed by atoms with Crippen molar-refractivity contribution in [1.82, 2.24) is 15.1 Å². The summed E-state index contributed by atoms with van der Waals surface area (Å²) in [6.45, 7) is 1.63. The van der Waals surface area contributed by atoms with E-state index in [1.807, 2.05) is 0 Å². The lowest BCUT2D eigenvalue weighted by Gasteiger charge is -2.05. The van der Waals surface area contributed by atoms with Crippen molar-refractivity contribution in [2.24, 2.45) is 5.73 Å². The highest BCUT2D eigenvalue weighted by Gasteiger charge is 2.32. The summed E-state index contributed by atoms with van der Waals surface area (Å²) in [7, 11) is 0. The summed E-state index contributed by atoms with van der Waals surface area (Å²) in [5.41, 5.74) is 4.68. The molecule has 0 spiro atoms. The fraction of sp³-hybridized carbons (Fsp3) is 0.300. The molecule has 0 aliphatic heterocycles. The van der Waals surface area contributed by atoms with Crippen LogP contribution in [-0.2, 0) is 6.18 Å². The van der Waals surface area contributed by atoms with Gasteiger partial charge in [0, 0.05) is 11.8 Å². The van der Waals surface area contributed by atoms with Crippen LogP contribution in [0.15, 0.2) is 22.9 Å². The van der Waals surface area contributed by atoms with E-state index in [4.69, 9.17) is 10.3 Å². The average molecular weight is 295 g/mol. The number of nitrogens with two attached hydrogens (primary N) is 1. The molecular formula is C10H10ClF3N4O. The van der Waals surface area contributed by atoms with Gasteiger partial charge in [-0.3, -0.25) is 4.98 Å². The maximum Gasteiger partial charge on any atom is 0.433 e. The van der Waals surface area contributed by atoms with Crippen LogP contribution >= 0.6 is 12.4 Å². The Morgan fingerprint density at radius 1 is 1.37 bits per heavy atom. The molecule has 0 saturated carbocycles. The van der Waals surface area contributed by atoms with E-state index in [0.29, 0.717) is 0 Å². The van der Waals surface area contributed by atoms with E-state index in [1.165, 1.54) is 6.07 Å². The van der Waals surface area contributed by atoms with E-state index in [1.54, 1.807) is 6.92 Å². The Kier molecular flexibility index (Phi) is 4.48. The number of hydrogen-bond acceptors (Lipinski definition) is 5. The quantitative estimate of drug-likeness (QED) is 0.921. The predicted octanol–water partition coefficient (Wildman–Crippen LogP) is 2.59. The second-order valence-corrected chi connectivity index (χ2v) is 3.67. The number of hydrogen-bond donors (Lipinski definition) is 1. The van der Waals surface area contributed by atoms with Gasteiger partial charge in [-0.25, -0.2) is 0 Å². The van der Waals surface area contributed by atoms with Crippen molar-refractivity contribution in [1.29, 1.82) is 0 Å². The summed E-state index contributed by atoms with van der Waals surface area (Å²) in [5.74, 6) is 0.213. The molecule has 19 heavy (non-hydrogen) atoms. The molecule has 104 valence electrons. The third-order valence-electron chi connectivity index (χ3n) is 2.14. The summed E-state index contributed by atoms with van der Waals surface area (Å²) in [4.78, 5) is 7.15. The molecule has 0 fully saturated rings. The van der Waals surface area contributed by atoms with Gasteiger partial charge in [0.2, 0.25) is 11.7 Å². The van der Waals surface area contributed by atoms with Crippen molar-refractivity contribution >= 4 is 12.4 Å². The van der Waals surface area contributed by atoms with Crippen molar-refractivity contribution < 1.29 is 17.7 Å². The molecule has 0 aromatic carbocycles. The zero-order valence-electron chi connectivity index (χ0n) is 9.68. The molecule has 0 radical (unpaired) electrons. The lowest BCUT2D eigenvalue weighted by atomic mass is 10.2. The van der Waals surface area contributed by atoms with E-state index < -0.39 is 17.9 Å². The normalized spacial score (nSPS) is 12.9. The first-order valence-electron chi connectivity index (χ1n) is 5.00. The van der Waals surface area contributed by atoms with Crippen molar-refractivity contribution in [2.45, 2.75) is 19.1 Å². The largest absolute Gasteiger partial charge is 0.433 e. The minimum atomic E-state index is -4.51. The zero-order chi connectivity index (χ0) is 13.3. The molecule has 0 aliphatic rings. The van der Waals surface area contributed by atoms with Gasteiger partial charge in [-0.15, -0.1) is 12.4 Å². The minimum Gasteiger partial charge on any atom is -0.337 e. The monoisotopic (exact) mass is 294 g/mol. The topological polar surface area (TPSA) is 77.8 Å². The predicted molar refractivity (Wildman–Crippen MR) is 62.4 cm³/mol. The molecule has 0 saturated heterocycles. The van der Waals surface area contributed by atoms with Gasteiger partial charge in [-0.05, 0) is 19.1 Å². The van der Waals surface area contributed by atoms with Crippen molar-refractivity contribution in [3.63, 3.8) is 0 Å². The van der Waals surface area contributed by atoms with Crippen LogP contribution in [0.25, 0.3) is 11.4 Å². The van der Waals surface area contributed by atoms with E-state index in [9.17, 15) is 13.2 Å². The zero-order valence-corrected chi connectivity index (χ0v) is 10.5. The summed E-state index contributed by atoms with van der Waals surface area (Å²) in [5, 5.41) is 3.57. The highest BCUT2D eigenvalue weighted by atomic mass is 35.5. The number of halogens is 4. The maximum atomic E-state index is 12.5. The third-order valence-corrected chi connectivity index (χ3v) is 2.14. The second-order valence-electron chi connectivity index (χ2n) is 3.67. The Morgan fingerprint density at radius 3 is 2.58 bits per heavy atom. The Bertz CT molecular complexity index is 556. The van der Waals surface area contributed by atoms with Gasteiger partial charge < -0.3 is 10.3 Å². The molecule has 5 nitrogen and oxygen atoms in total. The van der Waals surface area contributed by atoms with Crippen molar-refractivity contribution in [3.05, 3.63) is 29.9 Å². The first-order chi connectivity index (χ1) is 8.38. The van der Waals surface area contributed by atoms with Gasteiger partial charge >= 0.3 is 6.18 Å². The van der Waals surface area contributed by atoms with Gasteiger partial charge in [-0.1, -0.05) is 5.16 Å². The fourth-order valence-corrected chi connectivity index (χ4v) is 1.26. The van der Waals surface area contributed by atoms with E-state index in [0.717, 1.165) is 12.3 Å². The summed E-state index contributed by atoms with van der Waals surface area (Å²) >= 11 is 0. The molecule has 0 bridgehead atoms. The van der Waals surface area contributed by atoms with E-state index in [2.05, 4.69) is 15.1 Å². The average Bonchev–Trinajstić information content (AvgIpc) is 2.77. The van der Waals surface area contributed by atoms with Crippen LogP contribution in [0.3, 0.4) is 0 Å². The molecule has 0 aliphatic carbocycles. The molecule has 2 heterocycles. The summed E-state index contributed by atoms with van der Waals surface area (Å²) in [6.07, 6.45) is -3.47. The Morgan fingerprint density at radius 2 is 2.05 bits per heavy atom. The first kappa shape index (κ1) is 15.4. The van der Waals surface area contributed by atoms with Crippen LogP contribution in [-0.4, -0.2) is 15.1 Å². The number of aromatic nitrogens is 3. The Hall–Kier alpha value is -1.67.